The third-order valence-corrected chi connectivity index (χ3v) is 8.10. The molecule has 2 aromatic rings. The van der Waals surface area contributed by atoms with E-state index in [1.165, 1.54) is 0 Å². The van der Waals surface area contributed by atoms with Crippen molar-refractivity contribution >= 4 is 11.8 Å². The van der Waals surface area contributed by atoms with Gasteiger partial charge in [0, 0.05) is 44.9 Å². The molecule has 6 heteroatoms. The first-order valence-corrected chi connectivity index (χ1v) is 13.0. The fourth-order valence-electron chi connectivity index (χ4n) is 6.10. The number of rotatable bonds is 7. The van der Waals surface area contributed by atoms with Crippen LogP contribution in [0.5, 0.6) is 0 Å². The first kappa shape index (κ1) is 24.0. The molecule has 3 saturated heterocycles. The molecule has 0 radical (unpaired) electrons. The van der Waals surface area contributed by atoms with E-state index in [0.29, 0.717) is 25.0 Å². The molecule has 0 saturated carbocycles. The van der Waals surface area contributed by atoms with Gasteiger partial charge in [-0.2, -0.15) is 0 Å². The number of benzene rings is 2. The number of ether oxygens (including phenoxy) is 1. The van der Waals surface area contributed by atoms with Crippen LogP contribution in [0.1, 0.15) is 45.9 Å². The number of carbonyl (C=O) groups is 2. The van der Waals surface area contributed by atoms with Crippen molar-refractivity contribution in [3.63, 3.8) is 0 Å². The van der Waals surface area contributed by atoms with Crippen molar-refractivity contribution in [2.45, 2.75) is 32.7 Å². The Morgan fingerprint density at radius 2 is 1.66 bits per heavy atom. The Balaban J connectivity index is 1.17. The summed E-state index contributed by atoms with van der Waals surface area (Å²) in [5.74, 6) is 1.32. The number of hydrogen-bond acceptors (Lipinski definition) is 4. The second kappa shape index (κ2) is 10.5. The summed E-state index contributed by atoms with van der Waals surface area (Å²) in [4.78, 5) is 30.6. The van der Waals surface area contributed by atoms with Gasteiger partial charge in [0.25, 0.3) is 5.91 Å². The molecule has 4 atom stereocenters. The molecule has 35 heavy (non-hydrogen) atoms. The molecule has 2 aromatic carbocycles. The first-order valence-electron chi connectivity index (χ1n) is 13.0. The lowest BCUT2D eigenvalue weighted by Crippen LogP contribution is -2.37. The van der Waals surface area contributed by atoms with Crippen molar-refractivity contribution < 1.29 is 14.3 Å². The van der Waals surface area contributed by atoms with Crippen LogP contribution in [0.4, 0.5) is 0 Å². The average molecular weight is 476 g/mol. The first-order chi connectivity index (χ1) is 17.0. The highest BCUT2D eigenvalue weighted by atomic mass is 16.5. The molecule has 6 nitrogen and oxygen atoms in total. The quantitative estimate of drug-likeness (QED) is 0.665. The van der Waals surface area contributed by atoms with Crippen molar-refractivity contribution in [2.75, 3.05) is 45.9 Å². The Hall–Kier alpha value is -2.70. The Morgan fingerprint density at radius 1 is 0.971 bits per heavy atom. The summed E-state index contributed by atoms with van der Waals surface area (Å²) in [6.07, 6.45) is 1.69. The van der Waals surface area contributed by atoms with Gasteiger partial charge in [0.1, 0.15) is 0 Å². The van der Waals surface area contributed by atoms with E-state index >= 15 is 0 Å². The van der Waals surface area contributed by atoms with Gasteiger partial charge in [0.15, 0.2) is 0 Å². The van der Waals surface area contributed by atoms with Gasteiger partial charge in [-0.3, -0.25) is 9.59 Å². The monoisotopic (exact) mass is 475 g/mol. The summed E-state index contributed by atoms with van der Waals surface area (Å²) in [5, 5.41) is 3.30. The third kappa shape index (κ3) is 5.29. The van der Waals surface area contributed by atoms with Crippen LogP contribution in [0.3, 0.4) is 0 Å². The van der Waals surface area contributed by atoms with Crippen LogP contribution >= 0.6 is 0 Å². The molecular formula is C29H37N3O3. The maximum absolute atomic E-state index is 13.2. The molecule has 3 heterocycles. The van der Waals surface area contributed by atoms with Crippen LogP contribution in [0.2, 0.25) is 0 Å². The molecule has 3 unspecified atom stereocenters. The fourth-order valence-corrected chi connectivity index (χ4v) is 6.10. The number of hydrogen-bond donors (Lipinski definition) is 1. The summed E-state index contributed by atoms with van der Waals surface area (Å²) in [6, 6.07) is 16.4. The van der Waals surface area contributed by atoms with Gasteiger partial charge in [-0.1, -0.05) is 48.5 Å². The van der Waals surface area contributed by atoms with E-state index in [1.54, 1.807) is 0 Å². The molecule has 186 valence electrons. The van der Waals surface area contributed by atoms with Gasteiger partial charge in [-0.05, 0) is 55.2 Å². The highest BCUT2D eigenvalue weighted by Crippen LogP contribution is 2.33. The molecule has 0 aliphatic carbocycles. The third-order valence-electron chi connectivity index (χ3n) is 8.10. The van der Waals surface area contributed by atoms with Gasteiger partial charge >= 0.3 is 0 Å². The Bertz CT molecular complexity index is 1020. The van der Waals surface area contributed by atoms with Crippen LogP contribution in [-0.4, -0.2) is 67.6 Å². The zero-order valence-electron chi connectivity index (χ0n) is 20.9. The number of fused-ring (bicyclic) bond motifs is 1. The average Bonchev–Trinajstić information content (AvgIpc) is 3.59. The van der Waals surface area contributed by atoms with Crippen molar-refractivity contribution in [2.24, 2.45) is 17.8 Å². The lowest BCUT2D eigenvalue weighted by molar-refractivity contribution is -0.125. The minimum Gasteiger partial charge on any atom is -0.381 e. The zero-order chi connectivity index (χ0) is 24.4. The van der Waals surface area contributed by atoms with E-state index < -0.39 is 0 Å². The standard InChI is InChI=1S/C29H37N3O3/c1-20-7-6-8-21(2)27(20)29(34)32-17-24-15-31(16-25(24)18-32)13-11-26(22-9-4-3-5-10-22)30-28(33)23-12-14-35-19-23/h3-10,23-26H,11-19H2,1-2H3,(H,30,33)/t23-,24?,25?,26?/m0/s1. The predicted octanol–water partition coefficient (Wildman–Crippen LogP) is 3.59. The summed E-state index contributed by atoms with van der Waals surface area (Å²) >= 11 is 0. The smallest absolute Gasteiger partial charge is 0.254 e. The van der Waals surface area contributed by atoms with Gasteiger partial charge in [-0.15, -0.1) is 0 Å². The largest absolute Gasteiger partial charge is 0.381 e. The summed E-state index contributed by atoms with van der Waals surface area (Å²) < 4.78 is 5.42. The number of likely N-dealkylation sites (tertiary alicyclic amines) is 2. The molecule has 5 rings (SSSR count). The molecule has 3 fully saturated rings. The molecule has 3 aliphatic rings. The van der Waals surface area contributed by atoms with Crippen LogP contribution in [0, 0.1) is 31.6 Å². The highest BCUT2D eigenvalue weighted by Gasteiger charge is 2.42. The number of nitrogens with one attached hydrogen (secondary N) is 1. The summed E-state index contributed by atoms with van der Waals surface area (Å²) in [6.45, 7) is 9.93. The van der Waals surface area contributed by atoms with Crippen LogP contribution < -0.4 is 5.32 Å². The van der Waals surface area contributed by atoms with E-state index in [-0.39, 0.29) is 23.8 Å². The molecule has 0 aromatic heterocycles. The Morgan fingerprint density at radius 3 is 2.29 bits per heavy atom. The van der Waals surface area contributed by atoms with E-state index in [9.17, 15) is 9.59 Å². The zero-order valence-corrected chi connectivity index (χ0v) is 20.9. The van der Waals surface area contributed by atoms with Crippen molar-refractivity contribution in [3.05, 3.63) is 70.8 Å². The Kier molecular flexibility index (Phi) is 7.21. The maximum Gasteiger partial charge on any atom is 0.254 e. The summed E-state index contributed by atoms with van der Waals surface area (Å²) in [5.41, 5.74) is 4.15. The van der Waals surface area contributed by atoms with E-state index in [1.807, 2.05) is 50.2 Å². The number of amides is 2. The normalized spacial score (nSPS) is 25.0. The van der Waals surface area contributed by atoms with Gasteiger partial charge < -0.3 is 19.9 Å². The van der Waals surface area contributed by atoms with E-state index in [2.05, 4.69) is 27.2 Å². The van der Waals surface area contributed by atoms with Crippen LogP contribution in [0.25, 0.3) is 0 Å². The second-order valence-corrected chi connectivity index (χ2v) is 10.6. The molecule has 0 bridgehead atoms. The molecular weight excluding hydrogens is 438 g/mol. The molecule has 2 amide bonds. The summed E-state index contributed by atoms with van der Waals surface area (Å²) in [7, 11) is 0. The topological polar surface area (TPSA) is 61.9 Å². The van der Waals surface area contributed by atoms with Crippen LogP contribution in [0.15, 0.2) is 48.5 Å². The number of aryl methyl sites for hydroxylation is 2. The minimum absolute atomic E-state index is 0.00634. The maximum atomic E-state index is 13.2. The highest BCUT2D eigenvalue weighted by molar-refractivity contribution is 5.97. The van der Waals surface area contributed by atoms with Crippen LogP contribution in [-0.2, 0) is 9.53 Å². The number of carbonyl (C=O) groups excluding carboxylic acids is 2. The predicted molar refractivity (Wildman–Crippen MR) is 136 cm³/mol. The van der Waals surface area contributed by atoms with Gasteiger partial charge in [-0.25, -0.2) is 0 Å². The second-order valence-electron chi connectivity index (χ2n) is 10.6. The molecule has 3 aliphatic heterocycles. The molecule has 0 spiro atoms. The number of nitrogens with zero attached hydrogens (tertiary/aromatic N) is 2. The van der Waals surface area contributed by atoms with Crippen molar-refractivity contribution in [1.29, 1.82) is 0 Å². The lowest BCUT2D eigenvalue weighted by Gasteiger charge is -2.26. The van der Waals surface area contributed by atoms with Crippen molar-refractivity contribution in [3.8, 4) is 0 Å². The Labute approximate surface area is 208 Å². The minimum atomic E-state index is -0.0345. The fraction of sp³-hybridized carbons (Fsp3) is 0.517. The van der Waals surface area contributed by atoms with E-state index in [0.717, 1.165) is 67.8 Å². The van der Waals surface area contributed by atoms with Gasteiger partial charge in [0.05, 0.1) is 18.6 Å². The van der Waals surface area contributed by atoms with Gasteiger partial charge in [0.2, 0.25) is 5.91 Å². The van der Waals surface area contributed by atoms with E-state index in [4.69, 9.17) is 4.74 Å². The molecule has 1 N–H and O–H groups in total. The SMILES string of the molecule is Cc1cccc(C)c1C(=O)N1CC2CN(CCC(NC(=O)[C@H]3CCOC3)c3ccccc3)CC2C1. The lowest BCUT2D eigenvalue weighted by atomic mass is 10.0. The van der Waals surface area contributed by atoms with Crippen molar-refractivity contribution in [1.82, 2.24) is 15.1 Å².